The van der Waals surface area contributed by atoms with Crippen molar-refractivity contribution in [2.75, 3.05) is 26.9 Å². The minimum Gasteiger partial charge on any atom is -0.497 e. The number of nitrogens with zero attached hydrogens (tertiary/aromatic N) is 1. The number of carbonyl (C=O) groups is 1. The van der Waals surface area contributed by atoms with Gasteiger partial charge in [0.1, 0.15) is 11.5 Å². The topological polar surface area (TPSA) is 82.1 Å². The summed E-state index contributed by atoms with van der Waals surface area (Å²) in [6.07, 6.45) is 1.69. The molecule has 0 fully saturated rings. The van der Waals surface area contributed by atoms with Crippen molar-refractivity contribution in [1.82, 2.24) is 4.31 Å². The van der Waals surface area contributed by atoms with Crippen molar-refractivity contribution in [3.63, 3.8) is 0 Å². The molecule has 1 atom stereocenters. The number of hydrogen-bond acceptors (Lipinski definition) is 6. The van der Waals surface area contributed by atoms with Crippen molar-refractivity contribution in [2.24, 2.45) is 0 Å². The molecule has 1 aliphatic heterocycles. The molecule has 0 saturated heterocycles. The molecule has 1 unspecified atom stereocenters. The van der Waals surface area contributed by atoms with Crippen molar-refractivity contribution < 1.29 is 27.4 Å². The monoisotopic (exact) mass is 523 g/mol. The van der Waals surface area contributed by atoms with Crippen LogP contribution in [0, 0.1) is 6.92 Å². The lowest BCUT2D eigenvalue weighted by atomic mass is 9.86. The van der Waals surface area contributed by atoms with E-state index in [1.807, 2.05) is 30.3 Å². The molecule has 0 saturated carbocycles. The average molecular weight is 524 g/mol. The number of carbonyl (C=O) groups excluding carboxylic acids is 1. The fourth-order valence-corrected chi connectivity index (χ4v) is 6.24. The molecule has 196 valence electrons. The third-order valence-corrected chi connectivity index (χ3v) is 8.43. The Kier molecular flexibility index (Phi) is 8.51. The number of ether oxygens (including phenoxy) is 3. The summed E-state index contributed by atoms with van der Waals surface area (Å²) in [5.41, 5.74) is 3.98. The first-order valence-corrected chi connectivity index (χ1v) is 13.9. The third-order valence-electron chi connectivity index (χ3n) is 6.62. The molecule has 0 amide bonds. The van der Waals surface area contributed by atoms with Gasteiger partial charge in [0.15, 0.2) is 6.61 Å². The Morgan fingerprint density at radius 2 is 1.84 bits per heavy atom. The maximum absolute atomic E-state index is 13.8. The number of fused-ring (bicyclic) bond motifs is 1. The third kappa shape index (κ3) is 6.32. The van der Waals surface area contributed by atoms with Crippen molar-refractivity contribution in [1.29, 1.82) is 0 Å². The van der Waals surface area contributed by atoms with Gasteiger partial charge in [0.05, 0.1) is 18.6 Å². The maximum Gasteiger partial charge on any atom is 0.344 e. The van der Waals surface area contributed by atoms with Gasteiger partial charge in [-0.15, -0.1) is 0 Å². The quantitative estimate of drug-likeness (QED) is 0.353. The highest BCUT2D eigenvalue weighted by molar-refractivity contribution is 7.89. The standard InChI is InChI=1S/C29H33NO6S/c1-4-35-29(31)20-36-28-15-13-26(16-21(28)2)37(32,33)30-18-23(11-10-22-8-6-5-7-9-22)27-14-12-25(34-3)17-24(27)19-30/h5-9,12-17,23H,4,10-11,18-20H2,1-3H3. The van der Waals surface area contributed by atoms with Gasteiger partial charge in [-0.05, 0) is 85.2 Å². The number of aryl methyl sites for hydroxylation is 2. The largest absolute Gasteiger partial charge is 0.497 e. The van der Waals surface area contributed by atoms with Crippen LogP contribution >= 0.6 is 0 Å². The highest BCUT2D eigenvalue weighted by Gasteiger charge is 2.33. The second kappa shape index (κ2) is 11.8. The summed E-state index contributed by atoms with van der Waals surface area (Å²) in [7, 11) is -2.16. The average Bonchev–Trinajstić information content (AvgIpc) is 2.91. The van der Waals surface area contributed by atoms with E-state index in [1.54, 1.807) is 37.4 Å². The van der Waals surface area contributed by atoms with Gasteiger partial charge in [-0.3, -0.25) is 0 Å². The molecule has 1 aliphatic rings. The molecule has 0 N–H and O–H groups in total. The molecule has 3 aromatic carbocycles. The van der Waals surface area contributed by atoms with Crippen LogP contribution < -0.4 is 9.47 Å². The minimum absolute atomic E-state index is 0.0536. The van der Waals surface area contributed by atoms with E-state index in [1.165, 1.54) is 17.2 Å². The second-order valence-electron chi connectivity index (χ2n) is 9.10. The SMILES string of the molecule is CCOC(=O)COc1ccc(S(=O)(=O)N2Cc3cc(OC)ccc3C(CCc3ccccc3)C2)cc1C. The molecule has 37 heavy (non-hydrogen) atoms. The summed E-state index contributed by atoms with van der Waals surface area (Å²) in [6.45, 7) is 4.21. The van der Waals surface area contributed by atoms with Crippen LogP contribution in [0.15, 0.2) is 71.6 Å². The van der Waals surface area contributed by atoms with Gasteiger partial charge in [-0.25, -0.2) is 13.2 Å². The molecule has 0 bridgehead atoms. The van der Waals surface area contributed by atoms with Crippen LogP contribution in [0.5, 0.6) is 11.5 Å². The lowest BCUT2D eigenvalue weighted by Crippen LogP contribution is -2.38. The fourth-order valence-electron chi connectivity index (χ4n) is 4.69. The van der Waals surface area contributed by atoms with E-state index in [0.29, 0.717) is 23.6 Å². The van der Waals surface area contributed by atoms with Crippen molar-refractivity contribution >= 4 is 16.0 Å². The Morgan fingerprint density at radius 1 is 1.05 bits per heavy atom. The molecule has 0 spiro atoms. The van der Waals surface area contributed by atoms with E-state index in [9.17, 15) is 13.2 Å². The van der Waals surface area contributed by atoms with Gasteiger partial charge in [0.25, 0.3) is 0 Å². The highest BCUT2D eigenvalue weighted by atomic mass is 32.2. The summed E-state index contributed by atoms with van der Waals surface area (Å²) in [5.74, 6) is 0.737. The molecule has 3 aromatic rings. The van der Waals surface area contributed by atoms with Crippen LogP contribution in [0.2, 0.25) is 0 Å². The van der Waals surface area contributed by atoms with Gasteiger partial charge in [0.2, 0.25) is 10.0 Å². The maximum atomic E-state index is 13.8. The van der Waals surface area contributed by atoms with Crippen LogP contribution in [0.4, 0.5) is 0 Å². The van der Waals surface area contributed by atoms with E-state index in [0.717, 1.165) is 18.4 Å². The molecular weight excluding hydrogens is 490 g/mol. The van der Waals surface area contributed by atoms with E-state index in [4.69, 9.17) is 14.2 Å². The molecule has 0 aromatic heterocycles. The van der Waals surface area contributed by atoms with E-state index >= 15 is 0 Å². The first-order valence-electron chi connectivity index (χ1n) is 12.4. The Hall–Kier alpha value is -3.36. The molecule has 1 heterocycles. The first-order chi connectivity index (χ1) is 17.8. The van der Waals surface area contributed by atoms with Gasteiger partial charge >= 0.3 is 5.97 Å². The molecule has 7 nitrogen and oxygen atoms in total. The van der Waals surface area contributed by atoms with E-state index in [-0.39, 0.29) is 30.6 Å². The molecule has 0 aliphatic carbocycles. The number of methoxy groups -OCH3 is 1. The smallest absolute Gasteiger partial charge is 0.344 e. The molecule has 8 heteroatoms. The van der Waals surface area contributed by atoms with Crippen LogP contribution in [-0.4, -0.2) is 45.6 Å². The summed E-state index contributed by atoms with van der Waals surface area (Å²) < 4.78 is 44.9. The van der Waals surface area contributed by atoms with Crippen LogP contribution in [0.3, 0.4) is 0 Å². The van der Waals surface area contributed by atoms with Gasteiger partial charge < -0.3 is 14.2 Å². The Labute approximate surface area is 219 Å². The van der Waals surface area contributed by atoms with Crippen LogP contribution in [0.25, 0.3) is 0 Å². The molecule has 4 rings (SSSR count). The number of rotatable bonds is 10. The van der Waals surface area contributed by atoms with Gasteiger partial charge in [-0.1, -0.05) is 36.4 Å². The van der Waals surface area contributed by atoms with E-state index < -0.39 is 16.0 Å². The normalized spacial score (nSPS) is 15.6. The number of esters is 1. The fraction of sp³-hybridized carbons (Fsp3) is 0.345. The van der Waals surface area contributed by atoms with E-state index in [2.05, 4.69) is 18.2 Å². The zero-order valence-corrected chi connectivity index (χ0v) is 22.3. The first kappa shape index (κ1) is 26.7. The zero-order chi connectivity index (χ0) is 26.4. The van der Waals surface area contributed by atoms with Crippen molar-refractivity contribution in [3.8, 4) is 11.5 Å². The second-order valence-corrected chi connectivity index (χ2v) is 11.0. The number of sulfonamides is 1. The summed E-state index contributed by atoms with van der Waals surface area (Å²) >= 11 is 0. The highest BCUT2D eigenvalue weighted by Crippen LogP contribution is 2.37. The zero-order valence-electron chi connectivity index (χ0n) is 21.5. The Bertz CT molecular complexity index is 1340. The van der Waals surface area contributed by atoms with Crippen molar-refractivity contribution in [2.45, 2.75) is 44.0 Å². The predicted molar refractivity (Wildman–Crippen MR) is 141 cm³/mol. The van der Waals surface area contributed by atoms with Gasteiger partial charge in [0, 0.05) is 13.1 Å². The minimum atomic E-state index is -3.77. The summed E-state index contributed by atoms with van der Waals surface area (Å²) in [5, 5.41) is 0. The molecular formula is C29H33NO6S. The predicted octanol–water partition coefficient (Wildman–Crippen LogP) is 4.87. The Balaban J connectivity index is 1.57. The van der Waals surface area contributed by atoms with Crippen LogP contribution in [0.1, 0.15) is 41.5 Å². The molecule has 0 radical (unpaired) electrons. The summed E-state index contributed by atoms with van der Waals surface area (Å²) in [4.78, 5) is 11.8. The number of benzene rings is 3. The Morgan fingerprint density at radius 3 is 2.54 bits per heavy atom. The lowest BCUT2D eigenvalue weighted by molar-refractivity contribution is -0.145. The van der Waals surface area contributed by atoms with Crippen LogP contribution in [-0.2, 0) is 32.5 Å². The number of hydrogen-bond donors (Lipinski definition) is 0. The van der Waals surface area contributed by atoms with Gasteiger partial charge in [-0.2, -0.15) is 4.31 Å². The lowest BCUT2D eigenvalue weighted by Gasteiger charge is -2.34. The summed E-state index contributed by atoms with van der Waals surface area (Å²) in [6, 6.07) is 20.9. The van der Waals surface area contributed by atoms with Crippen molar-refractivity contribution in [3.05, 3.63) is 89.0 Å².